The standard InChI is InChI=1S/C6H14O6.C6H12O6/c2*7-1-3(9)5(11)6(12)4(10)2-8/h3-12H,1-2H2;3,5-9,11-12H,1-2H2/t3-,4-,5+,6+;3-,5+,6+/m00/s1. The summed E-state index contributed by atoms with van der Waals surface area (Å²) in [6.07, 6.45) is -11.6. The lowest BCUT2D eigenvalue weighted by Crippen LogP contribution is -2.46. The average molecular weight is 362 g/mol. The number of rotatable bonds is 10. The summed E-state index contributed by atoms with van der Waals surface area (Å²) in [6.45, 7) is -3.14. The highest BCUT2D eigenvalue weighted by Crippen LogP contribution is 2.04. The predicted molar refractivity (Wildman–Crippen MR) is 75.4 cm³/mol. The quantitative estimate of drug-likeness (QED) is 0.174. The Morgan fingerprint density at radius 1 is 0.583 bits per heavy atom. The fourth-order valence-electron chi connectivity index (χ4n) is 1.27. The van der Waals surface area contributed by atoms with Gasteiger partial charge in [-0.25, -0.2) is 0 Å². The molecule has 24 heavy (non-hydrogen) atoms. The van der Waals surface area contributed by atoms with Gasteiger partial charge in [0.2, 0.25) is 0 Å². The van der Waals surface area contributed by atoms with Gasteiger partial charge in [-0.15, -0.1) is 0 Å². The molecule has 0 aromatic heterocycles. The summed E-state index contributed by atoms with van der Waals surface area (Å²) in [5.74, 6) is -1.00. The van der Waals surface area contributed by atoms with E-state index in [0.29, 0.717) is 0 Å². The van der Waals surface area contributed by atoms with Crippen molar-refractivity contribution in [1.29, 1.82) is 0 Å². The van der Waals surface area contributed by atoms with Gasteiger partial charge in [0.15, 0.2) is 5.78 Å². The molecule has 0 aliphatic heterocycles. The second-order valence-electron chi connectivity index (χ2n) is 4.79. The summed E-state index contributed by atoms with van der Waals surface area (Å²) in [5.41, 5.74) is 0. The molecule has 12 nitrogen and oxygen atoms in total. The Morgan fingerprint density at radius 2 is 0.875 bits per heavy atom. The molecule has 0 heterocycles. The molecule has 146 valence electrons. The van der Waals surface area contributed by atoms with Gasteiger partial charge < -0.3 is 56.2 Å². The van der Waals surface area contributed by atoms with Gasteiger partial charge in [-0.1, -0.05) is 0 Å². The van der Waals surface area contributed by atoms with Crippen LogP contribution in [0.1, 0.15) is 0 Å². The summed E-state index contributed by atoms with van der Waals surface area (Å²) in [5, 5.41) is 95.2. The Balaban J connectivity index is 0. The van der Waals surface area contributed by atoms with Crippen LogP contribution in [-0.4, -0.2) is 131 Å². The third kappa shape index (κ3) is 8.91. The van der Waals surface area contributed by atoms with Crippen LogP contribution in [0.5, 0.6) is 0 Å². The van der Waals surface area contributed by atoms with E-state index >= 15 is 0 Å². The summed E-state index contributed by atoms with van der Waals surface area (Å²) < 4.78 is 0. The largest absolute Gasteiger partial charge is 0.394 e. The minimum Gasteiger partial charge on any atom is -0.394 e. The Morgan fingerprint density at radius 3 is 1.12 bits per heavy atom. The predicted octanol–water partition coefficient (Wildman–Crippen LogP) is -6.96. The van der Waals surface area contributed by atoms with Crippen molar-refractivity contribution in [2.75, 3.05) is 26.4 Å². The molecule has 0 radical (unpaired) electrons. The van der Waals surface area contributed by atoms with E-state index in [1.165, 1.54) is 0 Å². The molecule has 0 spiro atoms. The molecule has 0 aromatic rings. The molecule has 0 saturated carbocycles. The van der Waals surface area contributed by atoms with Crippen LogP contribution in [-0.2, 0) is 4.79 Å². The third-order valence-electron chi connectivity index (χ3n) is 2.90. The number of aliphatic hydroxyl groups is 11. The van der Waals surface area contributed by atoms with E-state index in [1.807, 2.05) is 0 Å². The first-order chi connectivity index (χ1) is 11.1. The lowest BCUT2D eigenvalue weighted by atomic mass is 10.0. The summed E-state index contributed by atoms with van der Waals surface area (Å²) in [7, 11) is 0. The Hall–Kier alpha value is -0.770. The van der Waals surface area contributed by atoms with Crippen LogP contribution in [0.2, 0.25) is 0 Å². The number of Topliss-reactive ketones (excluding diaryl/α,β-unsaturated/α-hetero) is 1. The summed E-state index contributed by atoms with van der Waals surface area (Å²) >= 11 is 0. The highest BCUT2D eigenvalue weighted by molar-refractivity contribution is 5.84. The fraction of sp³-hybridized carbons (Fsp3) is 0.917. The van der Waals surface area contributed by atoms with Gasteiger partial charge in [0, 0.05) is 0 Å². The number of ketones is 1. The first-order valence-electron chi connectivity index (χ1n) is 6.81. The molecule has 0 aliphatic carbocycles. The van der Waals surface area contributed by atoms with Gasteiger partial charge in [-0.2, -0.15) is 0 Å². The minimum absolute atomic E-state index is 0.726. The van der Waals surface area contributed by atoms with Crippen LogP contribution in [0.15, 0.2) is 0 Å². The molecule has 0 aromatic carbocycles. The molecule has 11 N–H and O–H groups in total. The van der Waals surface area contributed by atoms with Gasteiger partial charge in [-0.05, 0) is 0 Å². The molecule has 0 amide bonds. The van der Waals surface area contributed by atoms with Crippen molar-refractivity contribution in [3.05, 3.63) is 0 Å². The van der Waals surface area contributed by atoms with Crippen molar-refractivity contribution in [2.24, 2.45) is 0 Å². The van der Waals surface area contributed by atoms with E-state index in [2.05, 4.69) is 0 Å². The third-order valence-corrected chi connectivity index (χ3v) is 2.90. The van der Waals surface area contributed by atoms with Crippen LogP contribution in [0, 0.1) is 0 Å². The Kier molecular flexibility index (Phi) is 14.3. The number of hydrogen-bond acceptors (Lipinski definition) is 12. The van der Waals surface area contributed by atoms with Crippen molar-refractivity contribution >= 4 is 5.78 Å². The highest BCUT2D eigenvalue weighted by Gasteiger charge is 2.29. The van der Waals surface area contributed by atoms with Crippen molar-refractivity contribution in [2.45, 2.75) is 42.7 Å². The molecule has 12 heteroatoms. The SMILES string of the molecule is O=C(CO)[C@@H](O)[C@H](O)[C@@H](O)CO.OC[C@H](O)[C@@H](O)[C@H](O)[C@@H](O)CO. The zero-order valence-electron chi connectivity index (χ0n) is 12.7. The maximum absolute atomic E-state index is 10.5. The molecule has 0 unspecified atom stereocenters. The van der Waals surface area contributed by atoms with Gasteiger partial charge in [-0.3, -0.25) is 4.79 Å². The summed E-state index contributed by atoms with van der Waals surface area (Å²) in [6, 6.07) is 0. The van der Waals surface area contributed by atoms with Crippen LogP contribution in [0.4, 0.5) is 0 Å². The number of carbonyl (C=O) groups is 1. The van der Waals surface area contributed by atoms with Crippen molar-refractivity contribution in [1.82, 2.24) is 0 Å². The second kappa shape index (κ2) is 13.5. The molecule has 0 saturated heterocycles. The Labute approximate surface area is 137 Å². The highest BCUT2D eigenvalue weighted by atomic mass is 16.4. The fourth-order valence-corrected chi connectivity index (χ4v) is 1.27. The van der Waals surface area contributed by atoms with E-state index in [9.17, 15) is 4.79 Å². The molecule has 0 rings (SSSR count). The smallest absolute Gasteiger partial charge is 0.189 e. The second-order valence-corrected chi connectivity index (χ2v) is 4.79. The van der Waals surface area contributed by atoms with E-state index in [-0.39, 0.29) is 0 Å². The maximum atomic E-state index is 10.5. The van der Waals surface area contributed by atoms with Crippen molar-refractivity contribution in [3.63, 3.8) is 0 Å². The lowest BCUT2D eigenvalue weighted by molar-refractivity contribution is -0.142. The van der Waals surface area contributed by atoms with Gasteiger partial charge in [0.1, 0.15) is 49.3 Å². The van der Waals surface area contributed by atoms with Crippen molar-refractivity contribution in [3.8, 4) is 0 Å². The zero-order valence-corrected chi connectivity index (χ0v) is 12.7. The van der Waals surface area contributed by atoms with E-state index in [0.717, 1.165) is 0 Å². The zero-order chi connectivity index (χ0) is 19.4. The van der Waals surface area contributed by atoms with Crippen LogP contribution >= 0.6 is 0 Å². The van der Waals surface area contributed by atoms with Crippen LogP contribution in [0.25, 0.3) is 0 Å². The van der Waals surface area contributed by atoms with E-state index < -0.39 is 74.9 Å². The monoisotopic (exact) mass is 362 g/mol. The average Bonchev–Trinajstić information content (AvgIpc) is 2.62. The molecule has 7 atom stereocenters. The first kappa shape index (κ1) is 25.5. The maximum Gasteiger partial charge on any atom is 0.189 e. The molecular formula is C12H26O12. The number of carbonyl (C=O) groups excluding carboxylic acids is 1. The molecule has 0 aliphatic rings. The summed E-state index contributed by atoms with van der Waals surface area (Å²) in [4.78, 5) is 10.5. The first-order valence-corrected chi connectivity index (χ1v) is 6.81. The molecule has 0 bridgehead atoms. The minimum atomic E-state index is -1.86. The van der Waals surface area contributed by atoms with Gasteiger partial charge >= 0.3 is 0 Å². The van der Waals surface area contributed by atoms with Crippen LogP contribution < -0.4 is 0 Å². The Bertz CT molecular complexity index is 313. The normalized spacial score (nSPS) is 20.0. The number of hydrogen-bond donors (Lipinski definition) is 11. The van der Waals surface area contributed by atoms with E-state index in [1.54, 1.807) is 0 Å². The van der Waals surface area contributed by atoms with Gasteiger partial charge in [0.25, 0.3) is 0 Å². The molecule has 0 fully saturated rings. The van der Waals surface area contributed by atoms with Crippen molar-refractivity contribution < 1.29 is 61.0 Å². The van der Waals surface area contributed by atoms with Gasteiger partial charge in [0.05, 0.1) is 19.8 Å². The topological polar surface area (TPSA) is 240 Å². The number of aliphatic hydroxyl groups excluding tert-OH is 11. The molecular weight excluding hydrogens is 336 g/mol. The van der Waals surface area contributed by atoms with Crippen LogP contribution in [0.3, 0.4) is 0 Å². The lowest BCUT2D eigenvalue weighted by Gasteiger charge is -2.24. The van der Waals surface area contributed by atoms with E-state index in [4.69, 9.17) is 56.2 Å².